The number of carbonyl (C=O) groups excluding carboxylic acids is 1. The van der Waals surface area contributed by atoms with Crippen LogP contribution in [0.4, 0.5) is 5.69 Å². The SMILES string of the molecule is CC(Sc1ccc([N+](=O)[O-])cc1)C(=O)N(C)CCc1ccccn1. The molecule has 1 heterocycles. The maximum absolute atomic E-state index is 12.4. The summed E-state index contributed by atoms with van der Waals surface area (Å²) in [4.78, 5) is 29.4. The summed E-state index contributed by atoms with van der Waals surface area (Å²) in [5.74, 6) is 0.0225. The van der Waals surface area contributed by atoms with E-state index in [4.69, 9.17) is 0 Å². The summed E-state index contributed by atoms with van der Waals surface area (Å²) in [5.41, 5.74) is 0.999. The van der Waals surface area contributed by atoms with Crippen LogP contribution in [0, 0.1) is 10.1 Å². The van der Waals surface area contributed by atoms with E-state index in [0.717, 1.165) is 10.6 Å². The number of benzene rings is 1. The molecule has 126 valence electrons. The van der Waals surface area contributed by atoms with E-state index in [1.807, 2.05) is 25.1 Å². The molecule has 2 aromatic rings. The Bertz CT molecular complexity index is 692. The Hall–Kier alpha value is -2.41. The zero-order valence-electron chi connectivity index (χ0n) is 13.6. The smallest absolute Gasteiger partial charge is 0.269 e. The maximum Gasteiger partial charge on any atom is 0.269 e. The predicted octanol–water partition coefficient (Wildman–Crippen LogP) is 3.17. The lowest BCUT2D eigenvalue weighted by molar-refractivity contribution is -0.384. The molecule has 0 aliphatic rings. The highest BCUT2D eigenvalue weighted by molar-refractivity contribution is 8.00. The lowest BCUT2D eigenvalue weighted by Crippen LogP contribution is -2.34. The van der Waals surface area contributed by atoms with Crippen molar-refractivity contribution in [3.63, 3.8) is 0 Å². The van der Waals surface area contributed by atoms with Gasteiger partial charge < -0.3 is 4.90 Å². The number of pyridine rings is 1. The first-order chi connectivity index (χ1) is 11.5. The van der Waals surface area contributed by atoms with Crippen molar-refractivity contribution in [3.8, 4) is 0 Å². The summed E-state index contributed by atoms with van der Waals surface area (Å²) in [5, 5.41) is 10.4. The number of thioether (sulfide) groups is 1. The molecule has 0 aliphatic carbocycles. The molecule has 0 N–H and O–H groups in total. The molecular formula is C17H19N3O3S. The van der Waals surface area contributed by atoms with Crippen molar-refractivity contribution in [1.82, 2.24) is 9.88 Å². The highest BCUT2D eigenvalue weighted by atomic mass is 32.2. The molecule has 0 aliphatic heterocycles. The minimum atomic E-state index is -0.436. The molecule has 6 nitrogen and oxygen atoms in total. The summed E-state index contributed by atoms with van der Waals surface area (Å²) < 4.78 is 0. The molecule has 0 bridgehead atoms. The molecule has 7 heteroatoms. The average Bonchev–Trinajstić information content (AvgIpc) is 2.60. The number of nitro benzene ring substituents is 1. The Kier molecular flexibility index (Phi) is 6.31. The largest absolute Gasteiger partial charge is 0.344 e. The minimum Gasteiger partial charge on any atom is -0.344 e. The number of hydrogen-bond donors (Lipinski definition) is 0. The van der Waals surface area contributed by atoms with Crippen LogP contribution in [0.25, 0.3) is 0 Å². The van der Waals surface area contributed by atoms with Crippen LogP contribution >= 0.6 is 11.8 Å². The van der Waals surface area contributed by atoms with Gasteiger partial charge in [0.2, 0.25) is 5.91 Å². The number of non-ortho nitro benzene ring substituents is 1. The van der Waals surface area contributed by atoms with Crippen LogP contribution in [0.1, 0.15) is 12.6 Å². The molecule has 1 unspecified atom stereocenters. The van der Waals surface area contributed by atoms with Gasteiger partial charge in [-0.2, -0.15) is 0 Å². The van der Waals surface area contributed by atoms with E-state index in [9.17, 15) is 14.9 Å². The van der Waals surface area contributed by atoms with Gasteiger partial charge in [-0.05, 0) is 31.2 Å². The van der Waals surface area contributed by atoms with Gasteiger partial charge in [0.25, 0.3) is 5.69 Å². The maximum atomic E-state index is 12.4. The van der Waals surface area contributed by atoms with Crippen molar-refractivity contribution in [2.75, 3.05) is 13.6 Å². The molecule has 1 amide bonds. The summed E-state index contributed by atoms with van der Waals surface area (Å²) >= 11 is 1.39. The van der Waals surface area contributed by atoms with Gasteiger partial charge in [-0.3, -0.25) is 19.9 Å². The number of carbonyl (C=O) groups is 1. The second kappa shape index (κ2) is 8.44. The molecule has 0 fully saturated rings. The van der Waals surface area contributed by atoms with Gasteiger partial charge in [0, 0.05) is 48.9 Å². The van der Waals surface area contributed by atoms with Gasteiger partial charge in [0.1, 0.15) is 0 Å². The van der Waals surface area contributed by atoms with Gasteiger partial charge in [0.15, 0.2) is 0 Å². The molecular weight excluding hydrogens is 326 g/mol. The fourth-order valence-corrected chi connectivity index (χ4v) is 3.13. The van der Waals surface area contributed by atoms with Crippen molar-refractivity contribution in [3.05, 3.63) is 64.5 Å². The third-order valence-electron chi connectivity index (χ3n) is 3.51. The van der Waals surface area contributed by atoms with Gasteiger partial charge in [-0.15, -0.1) is 11.8 Å². The van der Waals surface area contributed by atoms with Crippen LogP contribution in [0.15, 0.2) is 53.6 Å². The number of nitro groups is 1. The number of nitrogens with zero attached hydrogens (tertiary/aromatic N) is 3. The lowest BCUT2D eigenvalue weighted by atomic mass is 10.2. The number of rotatable bonds is 7. The number of aromatic nitrogens is 1. The molecule has 2 rings (SSSR count). The standard InChI is InChI=1S/C17H19N3O3S/c1-13(24-16-8-6-15(7-9-16)20(22)23)17(21)19(2)12-10-14-5-3-4-11-18-14/h3-9,11,13H,10,12H2,1-2H3. The Balaban J connectivity index is 1.87. The van der Waals surface area contributed by atoms with Crippen LogP contribution in [0.2, 0.25) is 0 Å². The zero-order chi connectivity index (χ0) is 17.5. The van der Waals surface area contributed by atoms with Crippen LogP contribution < -0.4 is 0 Å². The van der Waals surface area contributed by atoms with Crippen molar-refractivity contribution < 1.29 is 9.72 Å². The van der Waals surface area contributed by atoms with Crippen molar-refractivity contribution >= 4 is 23.4 Å². The fraction of sp³-hybridized carbons (Fsp3) is 0.294. The molecule has 1 atom stereocenters. The third kappa shape index (κ3) is 5.06. The first-order valence-corrected chi connectivity index (χ1v) is 8.41. The zero-order valence-corrected chi connectivity index (χ0v) is 14.4. The van der Waals surface area contributed by atoms with Crippen LogP contribution in [0.3, 0.4) is 0 Å². The van der Waals surface area contributed by atoms with Gasteiger partial charge >= 0.3 is 0 Å². The number of hydrogen-bond acceptors (Lipinski definition) is 5. The third-order valence-corrected chi connectivity index (χ3v) is 4.61. The molecule has 1 aromatic heterocycles. The van der Waals surface area contributed by atoms with E-state index in [1.165, 1.54) is 23.9 Å². The molecule has 0 saturated heterocycles. The highest BCUT2D eigenvalue weighted by Crippen LogP contribution is 2.26. The van der Waals surface area contributed by atoms with Crippen LogP contribution in [-0.4, -0.2) is 39.6 Å². The Morgan fingerprint density at radius 2 is 2.00 bits per heavy atom. The van der Waals surface area contributed by atoms with Crippen LogP contribution in [-0.2, 0) is 11.2 Å². The quantitative estimate of drug-likeness (QED) is 0.438. The summed E-state index contributed by atoms with van der Waals surface area (Å²) in [6.07, 6.45) is 2.45. The second-order valence-corrected chi connectivity index (χ2v) is 6.76. The normalized spacial score (nSPS) is 11.8. The first kappa shape index (κ1) is 17.9. The summed E-state index contributed by atoms with van der Waals surface area (Å²) in [7, 11) is 1.78. The van der Waals surface area contributed by atoms with E-state index in [2.05, 4.69) is 4.98 Å². The van der Waals surface area contributed by atoms with Crippen molar-refractivity contribution in [1.29, 1.82) is 0 Å². The van der Waals surface area contributed by atoms with E-state index in [-0.39, 0.29) is 16.8 Å². The van der Waals surface area contributed by atoms with E-state index >= 15 is 0 Å². The molecule has 0 spiro atoms. The lowest BCUT2D eigenvalue weighted by Gasteiger charge is -2.21. The monoisotopic (exact) mass is 345 g/mol. The van der Waals surface area contributed by atoms with Gasteiger partial charge in [-0.1, -0.05) is 6.07 Å². The number of likely N-dealkylation sites (N-methyl/N-ethyl adjacent to an activating group) is 1. The number of amides is 1. The molecule has 24 heavy (non-hydrogen) atoms. The van der Waals surface area contributed by atoms with Crippen LogP contribution in [0.5, 0.6) is 0 Å². The Morgan fingerprint density at radius 3 is 2.58 bits per heavy atom. The Morgan fingerprint density at radius 1 is 1.29 bits per heavy atom. The minimum absolute atomic E-state index is 0.0225. The predicted molar refractivity (Wildman–Crippen MR) is 94.0 cm³/mol. The summed E-state index contributed by atoms with van der Waals surface area (Å²) in [6, 6.07) is 12.0. The van der Waals surface area contributed by atoms with Crippen molar-refractivity contribution in [2.45, 2.75) is 23.5 Å². The summed E-state index contributed by atoms with van der Waals surface area (Å²) in [6.45, 7) is 2.44. The highest BCUT2D eigenvalue weighted by Gasteiger charge is 2.19. The molecule has 1 aromatic carbocycles. The second-order valence-electron chi connectivity index (χ2n) is 5.34. The van der Waals surface area contributed by atoms with Gasteiger partial charge in [-0.25, -0.2) is 0 Å². The topological polar surface area (TPSA) is 76.3 Å². The average molecular weight is 345 g/mol. The van der Waals surface area contributed by atoms with Gasteiger partial charge in [0.05, 0.1) is 10.2 Å². The Labute approximate surface area is 145 Å². The molecule has 0 saturated carbocycles. The van der Waals surface area contributed by atoms with E-state index in [0.29, 0.717) is 13.0 Å². The fourth-order valence-electron chi connectivity index (χ4n) is 2.15. The van der Waals surface area contributed by atoms with E-state index < -0.39 is 4.92 Å². The van der Waals surface area contributed by atoms with E-state index in [1.54, 1.807) is 30.3 Å². The molecule has 0 radical (unpaired) electrons. The first-order valence-electron chi connectivity index (χ1n) is 7.53. The van der Waals surface area contributed by atoms with Crippen molar-refractivity contribution in [2.24, 2.45) is 0 Å².